The van der Waals surface area contributed by atoms with E-state index in [0.717, 1.165) is 15.8 Å². The first-order valence-electron chi connectivity index (χ1n) is 4.59. The summed E-state index contributed by atoms with van der Waals surface area (Å²) >= 11 is 4.11. The first-order valence-corrected chi connectivity index (χ1v) is 6.65. The summed E-state index contributed by atoms with van der Waals surface area (Å²) in [6, 6.07) is 0. The van der Waals surface area contributed by atoms with Crippen molar-refractivity contribution in [2.75, 3.05) is 12.3 Å². The summed E-state index contributed by atoms with van der Waals surface area (Å²) in [7, 11) is 0. The summed E-state index contributed by atoms with van der Waals surface area (Å²) < 4.78 is 1.06. The van der Waals surface area contributed by atoms with Crippen LogP contribution in [-0.2, 0) is 4.75 Å². The average Bonchev–Trinajstić information content (AvgIpc) is 2.68. The lowest BCUT2D eigenvalue weighted by Gasteiger charge is -2.23. The van der Waals surface area contributed by atoms with Crippen LogP contribution in [0.4, 0.5) is 0 Å². The third-order valence-electron chi connectivity index (χ3n) is 2.46. The summed E-state index contributed by atoms with van der Waals surface area (Å²) in [5, 5.41) is 0. The third kappa shape index (κ3) is 1.90. The molecule has 0 spiro atoms. The Bertz CT molecular complexity index is 308. The van der Waals surface area contributed by atoms with Crippen molar-refractivity contribution in [2.45, 2.75) is 17.6 Å². The molecule has 0 aromatic carbocycles. The van der Waals surface area contributed by atoms with E-state index >= 15 is 0 Å². The second-order valence-corrected chi connectivity index (χ2v) is 6.10. The maximum absolute atomic E-state index is 5.84. The molecule has 1 aliphatic rings. The van der Waals surface area contributed by atoms with Crippen molar-refractivity contribution in [2.24, 2.45) is 5.73 Å². The van der Waals surface area contributed by atoms with Gasteiger partial charge >= 0.3 is 0 Å². The number of hydrogen-bond donors (Lipinski definition) is 1. The van der Waals surface area contributed by atoms with Gasteiger partial charge in [-0.2, -0.15) is 0 Å². The fourth-order valence-electron chi connectivity index (χ4n) is 1.67. The van der Waals surface area contributed by atoms with E-state index in [0.29, 0.717) is 6.54 Å². The van der Waals surface area contributed by atoms with Crippen molar-refractivity contribution in [3.8, 4) is 0 Å². The lowest BCUT2D eigenvalue weighted by atomic mass is 10.0. The molecule has 3 nitrogen and oxygen atoms in total. The van der Waals surface area contributed by atoms with Crippen LogP contribution >= 0.6 is 34.4 Å². The first-order chi connectivity index (χ1) is 6.77. The summed E-state index contributed by atoms with van der Waals surface area (Å²) in [5.74, 6) is 2.08. The Morgan fingerprint density at radius 2 is 2.21 bits per heavy atom. The highest BCUT2D eigenvalue weighted by Gasteiger charge is 2.37. The molecule has 1 aliphatic heterocycles. The quantitative estimate of drug-likeness (QED) is 0.844. The molecule has 0 saturated carbocycles. The third-order valence-corrected chi connectivity index (χ3v) is 4.62. The fraction of sp³-hybridized carbons (Fsp3) is 0.556. The minimum atomic E-state index is -0.00958. The van der Waals surface area contributed by atoms with Crippen molar-refractivity contribution >= 4 is 34.4 Å². The molecular weight excluding hydrogens is 309 g/mol. The highest BCUT2D eigenvalue weighted by atomic mass is 127. The van der Waals surface area contributed by atoms with Crippen LogP contribution in [0, 0.1) is 3.57 Å². The van der Waals surface area contributed by atoms with Crippen molar-refractivity contribution in [1.29, 1.82) is 0 Å². The number of hydrogen-bond acceptors (Lipinski definition) is 4. The molecule has 0 bridgehead atoms. The topological polar surface area (TPSA) is 51.8 Å². The number of aromatic nitrogens is 2. The van der Waals surface area contributed by atoms with E-state index in [2.05, 4.69) is 32.6 Å². The molecule has 2 N–H and O–H groups in total. The van der Waals surface area contributed by atoms with Crippen molar-refractivity contribution < 1.29 is 0 Å². The molecule has 0 amide bonds. The molecule has 1 aromatic heterocycles. The molecule has 1 fully saturated rings. The van der Waals surface area contributed by atoms with Gasteiger partial charge in [0.05, 0.1) is 4.75 Å². The van der Waals surface area contributed by atoms with E-state index in [-0.39, 0.29) is 4.75 Å². The Balaban J connectivity index is 2.31. The van der Waals surface area contributed by atoms with Crippen LogP contribution < -0.4 is 5.73 Å². The van der Waals surface area contributed by atoms with Gasteiger partial charge in [0.25, 0.3) is 0 Å². The fourth-order valence-corrected chi connectivity index (χ4v) is 3.27. The van der Waals surface area contributed by atoms with Crippen molar-refractivity contribution in [3.05, 3.63) is 21.8 Å². The first kappa shape index (κ1) is 10.6. The van der Waals surface area contributed by atoms with Gasteiger partial charge < -0.3 is 5.73 Å². The molecule has 2 heterocycles. The Morgan fingerprint density at radius 1 is 1.50 bits per heavy atom. The minimum absolute atomic E-state index is 0.00958. The molecule has 1 unspecified atom stereocenters. The lowest BCUT2D eigenvalue weighted by molar-refractivity contribution is 0.563. The van der Waals surface area contributed by atoms with Crippen LogP contribution in [-0.4, -0.2) is 22.3 Å². The lowest BCUT2D eigenvalue weighted by Crippen LogP contribution is -2.31. The second kappa shape index (κ2) is 4.32. The van der Waals surface area contributed by atoms with Gasteiger partial charge in [-0.15, -0.1) is 11.8 Å². The van der Waals surface area contributed by atoms with Crippen LogP contribution in [0.3, 0.4) is 0 Å². The second-order valence-electron chi connectivity index (χ2n) is 3.38. The van der Waals surface area contributed by atoms with Crippen LogP contribution in [0.25, 0.3) is 0 Å². The average molecular weight is 321 g/mol. The Hall–Kier alpha value is 0.120. The Morgan fingerprint density at radius 3 is 2.71 bits per heavy atom. The largest absolute Gasteiger partial charge is 0.329 e. The molecule has 0 radical (unpaired) electrons. The minimum Gasteiger partial charge on any atom is -0.329 e. The van der Waals surface area contributed by atoms with Crippen LogP contribution in [0.2, 0.25) is 0 Å². The molecule has 14 heavy (non-hydrogen) atoms. The molecule has 1 atom stereocenters. The highest BCUT2D eigenvalue weighted by Crippen LogP contribution is 2.44. The van der Waals surface area contributed by atoms with Gasteiger partial charge in [0, 0.05) is 22.5 Å². The number of thioether (sulfide) groups is 1. The van der Waals surface area contributed by atoms with E-state index in [4.69, 9.17) is 5.73 Å². The molecule has 76 valence electrons. The summed E-state index contributed by atoms with van der Waals surface area (Å²) in [5.41, 5.74) is 5.84. The van der Waals surface area contributed by atoms with E-state index in [1.54, 1.807) is 0 Å². The Labute approximate surface area is 101 Å². The van der Waals surface area contributed by atoms with Crippen molar-refractivity contribution in [1.82, 2.24) is 9.97 Å². The van der Waals surface area contributed by atoms with E-state index in [1.807, 2.05) is 24.2 Å². The summed E-state index contributed by atoms with van der Waals surface area (Å²) in [4.78, 5) is 8.77. The zero-order valence-electron chi connectivity index (χ0n) is 7.74. The smallest absolute Gasteiger partial charge is 0.145 e. The highest BCUT2D eigenvalue weighted by molar-refractivity contribution is 14.1. The number of nitrogens with two attached hydrogens (primary N) is 1. The molecule has 1 aromatic rings. The van der Waals surface area contributed by atoms with Gasteiger partial charge in [0.2, 0.25) is 0 Å². The maximum Gasteiger partial charge on any atom is 0.145 e. The van der Waals surface area contributed by atoms with Gasteiger partial charge in [-0.05, 0) is 41.2 Å². The predicted molar refractivity (Wildman–Crippen MR) is 67.2 cm³/mol. The van der Waals surface area contributed by atoms with Gasteiger partial charge in [-0.25, -0.2) is 9.97 Å². The van der Waals surface area contributed by atoms with Crippen molar-refractivity contribution in [3.63, 3.8) is 0 Å². The van der Waals surface area contributed by atoms with Crippen LogP contribution in [0.1, 0.15) is 18.7 Å². The Kier molecular flexibility index (Phi) is 3.28. The van der Waals surface area contributed by atoms with E-state index in [1.165, 1.54) is 12.2 Å². The van der Waals surface area contributed by atoms with Gasteiger partial charge in [-0.1, -0.05) is 0 Å². The molecule has 2 rings (SSSR count). The predicted octanol–water partition coefficient (Wildman–Crippen LogP) is 1.76. The molecule has 0 aliphatic carbocycles. The molecule has 1 saturated heterocycles. The molecular formula is C9H12IN3S. The zero-order chi connectivity index (χ0) is 10.0. The number of nitrogens with zero attached hydrogens (tertiary/aromatic N) is 2. The number of halogens is 1. The standard InChI is InChI=1S/C9H12IN3S/c10-7-4-12-8(13-5-7)9(6-11)2-1-3-14-9/h4-5H,1-3,6,11H2. The summed E-state index contributed by atoms with van der Waals surface area (Å²) in [6.45, 7) is 0.637. The SMILES string of the molecule is NCC1(c2ncc(I)cn2)CCCS1. The number of rotatable bonds is 2. The zero-order valence-corrected chi connectivity index (χ0v) is 10.7. The normalized spacial score (nSPS) is 26.7. The van der Waals surface area contributed by atoms with Gasteiger partial charge in [-0.3, -0.25) is 0 Å². The molecule has 5 heteroatoms. The van der Waals surface area contributed by atoms with Gasteiger partial charge in [0.1, 0.15) is 5.82 Å². The van der Waals surface area contributed by atoms with Gasteiger partial charge in [0.15, 0.2) is 0 Å². The van der Waals surface area contributed by atoms with E-state index in [9.17, 15) is 0 Å². The maximum atomic E-state index is 5.84. The van der Waals surface area contributed by atoms with Crippen LogP contribution in [0.15, 0.2) is 12.4 Å². The van der Waals surface area contributed by atoms with Crippen LogP contribution in [0.5, 0.6) is 0 Å². The monoisotopic (exact) mass is 321 g/mol. The summed E-state index contributed by atoms with van der Waals surface area (Å²) in [6.07, 6.45) is 6.05. The van der Waals surface area contributed by atoms with E-state index < -0.39 is 0 Å².